The first-order chi connectivity index (χ1) is 10.1. The van der Waals surface area contributed by atoms with Gasteiger partial charge in [-0.3, -0.25) is 0 Å². The Morgan fingerprint density at radius 3 is 2.90 bits per heavy atom. The third-order valence-corrected chi connectivity index (χ3v) is 3.48. The Morgan fingerprint density at radius 2 is 2.29 bits per heavy atom. The van der Waals surface area contributed by atoms with Crippen LogP contribution in [0.4, 0.5) is 0 Å². The third kappa shape index (κ3) is 3.40. The van der Waals surface area contributed by atoms with E-state index in [0.29, 0.717) is 31.0 Å². The normalized spacial score (nSPS) is 10.6. The summed E-state index contributed by atoms with van der Waals surface area (Å²) in [5, 5.41) is 16.8. The number of carbonyl (C=O) groups is 1. The first kappa shape index (κ1) is 15.5. The molecule has 1 aromatic heterocycles. The molecule has 0 aliphatic heterocycles. The highest BCUT2D eigenvalue weighted by atomic mass is 79.9. The molecular formula is C13H15BrN4O3. The predicted octanol–water partition coefficient (Wildman–Crippen LogP) is 1.30. The average Bonchev–Trinajstić information content (AvgIpc) is 2.83. The Balaban J connectivity index is 2.39. The fourth-order valence-corrected chi connectivity index (χ4v) is 2.45. The lowest BCUT2D eigenvalue weighted by atomic mass is 10.2. The fourth-order valence-electron chi connectivity index (χ4n) is 2.04. The van der Waals surface area contributed by atoms with Gasteiger partial charge in [-0.1, -0.05) is 21.1 Å². The lowest BCUT2D eigenvalue weighted by Crippen LogP contribution is -2.14. The number of hydrogen-bond acceptors (Lipinski definition) is 5. The Morgan fingerprint density at radius 1 is 1.52 bits per heavy atom. The van der Waals surface area contributed by atoms with E-state index in [4.69, 9.17) is 15.6 Å². The highest BCUT2D eigenvalue weighted by molar-refractivity contribution is 9.10. The molecule has 0 atom stereocenters. The van der Waals surface area contributed by atoms with Gasteiger partial charge in [-0.05, 0) is 24.7 Å². The van der Waals surface area contributed by atoms with Crippen LogP contribution in [0.5, 0.6) is 5.75 Å². The Kier molecular flexibility index (Phi) is 4.92. The molecule has 0 aliphatic carbocycles. The highest BCUT2D eigenvalue weighted by Gasteiger charge is 2.19. The van der Waals surface area contributed by atoms with Crippen LogP contribution in [-0.4, -0.2) is 39.7 Å². The number of rotatable bonds is 6. The van der Waals surface area contributed by atoms with Crippen LogP contribution in [-0.2, 0) is 13.0 Å². The molecule has 0 saturated heterocycles. The molecule has 112 valence electrons. The smallest absolute Gasteiger partial charge is 0.358 e. The Labute approximate surface area is 129 Å². The summed E-state index contributed by atoms with van der Waals surface area (Å²) in [7, 11) is 1.58. The molecule has 0 fully saturated rings. The van der Waals surface area contributed by atoms with Crippen LogP contribution in [0, 0.1) is 0 Å². The van der Waals surface area contributed by atoms with E-state index in [1.807, 2.05) is 18.2 Å². The van der Waals surface area contributed by atoms with Crippen LogP contribution >= 0.6 is 15.9 Å². The standard InChI is InChI=1S/C13H15BrN4O3/c1-21-11-3-2-9(14)6-8(11)7-18-10(4-5-15)12(13(19)20)16-17-18/h2-3,6H,4-5,7,15H2,1H3,(H,19,20). The van der Waals surface area contributed by atoms with Gasteiger partial charge >= 0.3 is 5.97 Å². The van der Waals surface area contributed by atoms with Crippen molar-refractivity contribution < 1.29 is 14.6 Å². The van der Waals surface area contributed by atoms with Crippen molar-refractivity contribution in [2.24, 2.45) is 5.73 Å². The van der Waals surface area contributed by atoms with Crippen molar-refractivity contribution in [3.8, 4) is 5.75 Å². The quantitative estimate of drug-likeness (QED) is 0.810. The summed E-state index contributed by atoms with van der Waals surface area (Å²) < 4.78 is 7.75. The van der Waals surface area contributed by atoms with Gasteiger partial charge in [0, 0.05) is 16.5 Å². The van der Waals surface area contributed by atoms with E-state index in [0.717, 1.165) is 10.0 Å². The molecule has 2 aromatic rings. The molecule has 7 nitrogen and oxygen atoms in total. The van der Waals surface area contributed by atoms with Crippen LogP contribution in [0.25, 0.3) is 0 Å². The maximum Gasteiger partial charge on any atom is 0.358 e. The van der Waals surface area contributed by atoms with Gasteiger partial charge in [0.05, 0.1) is 19.3 Å². The van der Waals surface area contributed by atoms with E-state index < -0.39 is 5.97 Å². The summed E-state index contributed by atoms with van der Waals surface area (Å²) in [6.07, 6.45) is 0.394. The summed E-state index contributed by atoms with van der Waals surface area (Å²) in [6, 6.07) is 5.59. The van der Waals surface area contributed by atoms with E-state index in [1.54, 1.807) is 11.8 Å². The number of nitrogens with two attached hydrogens (primary N) is 1. The third-order valence-electron chi connectivity index (χ3n) is 2.98. The van der Waals surface area contributed by atoms with Crippen molar-refractivity contribution in [1.82, 2.24) is 15.0 Å². The van der Waals surface area contributed by atoms with E-state index >= 15 is 0 Å². The maximum absolute atomic E-state index is 11.2. The number of methoxy groups -OCH3 is 1. The Bertz CT molecular complexity index is 657. The number of ether oxygens (including phenoxy) is 1. The van der Waals surface area contributed by atoms with Gasteiger partial charge in [0.2, 0.25) is 0 Å². The molecule has 2 rings (SSSR count). The van der Waals surface area contributed by atoms with Crippen molar-refractivity contribution in [3.63, 3.8) is 0 Å². The summed E-state index contributed by atoms with van der Waals surface area (Å²) in [4.78, 5) is 11.2. The first-order valence-corrected chi connectivity index (χ1v) is 7.04. The van der Waals surface area contributed by atoms with E-state index in [2.05, 4.69) is 26.2 Å². The molecule has 0 aliphatic rings. The number of carboxylic acids is 1. The lowest BCUT2D eigenvalue weighted by molar-refractivity contribution is 0.0689. The number of aromatic nitrogens is 3. The molecule has 0 bridgehead atoms. The molecule has 0 amide bonds. The summed E-state index contributed by atoms with van der Waals surface area (Å²) in [5.74, 6) is -0.407. The Hall–Kier alpha value is -1.93. The van der Waals surface area contributed by atoms with Gasteiger partial charge < -0.3 is 15.6 Å². The van der Waals surface area contributed by atoms with E-state index in [1.165, 1.54) is 0 Å². The van der Waals surface area contributed by atoms with Crippen LogP contribution in [0.15, 0.2) is 22.7 Å². The minimum absolute atomic E-state index is 0.0607. The van der Waals surface area contributed by atoms with Gasteiger partial charge in [-0.25, -0.2) is 9.48 Å². The van der Waals surface area contributed by atoms with Crippen molar-refractivity contribution in [1.29, 1.82) is 0 Å². The molecule has 1 heterocycles. The molecule has 0 unspecified atom stereocenters. The minimum Gasteiger partial charge on any atom is -0.496 e. The first-order valence-electron chi connectivity index (χ1n) is 6.25. The monoisotopic (exact) mass is 354 g/mol. The predicted molar refractivity (Wildman–Crippen MR) is 79.5 cm³/mol. The molecule has 1 aromatic carbocycles. The molecule has 8 heteroatoms. The zero-order chi connectivity index (χ0) is 15.4. The number of aromatic carboxylic acids is 1. The summed E-state index contributed by atoms with van der Waals surface area (Å²) >= 11 is 3.40. The number of carboxylic acid groups (broad SMARTS) is 1. The number of hydrogen-bond donors (Lipinski definition) is 2. The fraction of sp³-hybridized carbons (Fsp3) is 0.308. The van der Waals surface area contributed by atoms with Crippen LogP contribution in [0.3, 0.4) is 0 Å². The van der Waals surface area contributed by atoms with Gasteiger partial charge in [-0.15, -0.1) is 5.10 Å². The summed E-state index contributed by atoms with van der Waals surface area (Å²) in [6.45, 7) is 0.682. The van der Waals surface area contributed by atoms with Crippen molar-refractivity contribution in [3.05, 3.63) is 39.6 Å². The number of benzene rings is 1. The molecule has 0 radical (unpaired) electrons. The van der Waals surface area contributed by atoms with Gasteiger partial charge in [0.15, 0.2) is 5.69 Å². The zero-order valence-electron chi connectivity index (χ0n) is 11.4. The molecular weight excluding hydrogens is 340 g/mol. The topological polar surface area (TPSA) is 103 Å². The second kappa shape index (κ2) is 6.68. The lowest BCUT2D eigenvalue weighted by Gasteiger charge is -2.11. The second-order valence-electron chi connectivity index (χ2n) is 4.34. The van der Waals surface area contributed by atoms with Crippen molar-refractivity contribution in [2.75, 3.05) is 13.7 Å². The molecule has 0 spiro atoms. The van der Waals surface area contributed by atoms with Gasteiger partial charge in [-0.2, -0.15) is 0 Å². The van der Waals surface area contributed by atoms with Crippen molar-refractivity contribution >= 4 is 21.9 Å². The molecule has 3 N–H and O–H groups in total. The maximum atomic E-state index is 11.2. The van der Waals surface area contributed by atoms with E-state index in [9.17, 15) is 4.79 Å². The van der Waals surface area contributed by atoms with Gasteiger partial charge in [0.25, 0.3) is 0 Å². The van der Waals surface area contributed by atoms with Crippen molar-refractivity contribution in [2.45, 2.75) is 13.0 Å². The molecule has 21 heavy (non-hydrogen) atoms. The minimum atomic E-state index is -1.11. The van der Waals surface area contributed by atoms with Crippen LogP contribution < -0.4 is 10.5 Å². The van der Waals surface area contributed by atoms with Crippen LogP contribution in [0.2, 0.25) is 0 Å². The number of halogens is 1. The van der Waals surface area contributed by atoms with Gasteiger partial charge in [0.1, 0.15) is 5.75 Å². The summed E-state index contributed by atoms with van der Waals surface area (Å²) in [5.41, 5.74) is 6.85. The zero-order valence-corrected chi connectivity index (χ0v) is 13.0. The van der Waals surface area contributed by atoms with Crippen LogP contribution in [0.1, 0.15) is 21.7 Å². The molecule has 0 saturated carbocycles. The number of nitrogens with zero attached hydrogens (tertiary/aromatic N) is 3. The average molecular weight is 355 g/mol. The second-order valence-corrected chi connectivity index (χ2v) is 5.26. The SMILES string of the molecule is COc1ccc(Br)cc1Cn1nnc(C(=O)O)c1CCN. The van der Waals surface area contributed by atoms with E-state index in [-0.39, 0.29) is 5.69 Å². The largest absolute Gasteiger partial charge is 0.496 e. The highest BCUT2D eigenvalue weighted by Crippen LogP contribution is 2.24.